The number of aliphatic hydroxyl groups is 1. The smallest absolute Gasteiger partial charge is 0.209 e. The molecule has 1 aliphatic carbocycles. The third-order valence-electron chi connectivity index (χ3n) is 3.33. The number of aliphatic hydroxyl groups excluding tert-OH is 1. The number of phenolic OH excluding ortho intramolecular Hbond substituents is 2. The molecule has 0 aromatic heterocycles. The van der Waals surface area contributed by atoms with Gasteiger partial charge in [-0.1, -0.05) is 12.1 Å². The van der Waals surface area contributed by atoms with Gasteiger partial charge in [0.25, 0.3) is 0 Å². The molecule has 2 aliphatic rings. The quantitative estimate of drug-likeness (QED) is 0.681. The zero-order valence-corrected chi connectivity index (χ0v) is 10.3. The minimum absolute atomic E-state index is 0.212. The fraction of sp³-hybridized carbons (Fsp3) is 0.0667. The predicted molar refractivity (Wildman–Crippen MR) is 73.5 cm³/mol. The van der Waals surface area contributed by atoms with E-state index in [2.05, 4.69) is 4.99 Å². The van der Waals surface area contributed by atoms with Crippen molar-refractivity contribution >= 4 is 17.6 Å². The molecular formula is C15H11NO4. The zero-order chi connectivity index (χ0) is 14.3. The number of allylic oxidation sites excluding steroid dienone is 5. The molecule has 0 spiro atoms. The molecule has 1 aromatic carbocycles. The number of aromatic hydroxyl groups is 2. The summed E-state index contributed by atoms with van der Waals surface area (Å²) in [5.74, 6) is -1.76. The number of ketones is 1. The molecule has 1 unspecified atom stereocenters. The van der Waals surface area contributed by atoms with E-state index in [9.17, 15) is 20.1 Å². The Morgan fingerprint density at radius 2 is 1.85 bits per heavy atom. The van der Waals surface area contributed by atoms with E-state index in [1.54, 1.807) is 18.3 Å². The van der Waals surface area contributed by atoms with E-state index >= 15 is 0 Å². The number of phenols is 2. The molecule has 1 aromatic rings. The van der Waals surface area contributed by atoms with Gasteiger partial charge in [0.15, 0.2) is 17.3 Å². The fourth-order valence-corrected chi connectivity index (χ4v) is 2.27. The van der Waals surface area contributed by atoms with Crippen LogP contribution >= 0.6 is 0 Å². The van der Waals surface area contributed by atoms with Crippen LogP contribution in [0.5, 0.6) is 11.5 Å². The Bertz CT molecular complexity index is 725. The Hall–Kier alpha value is -2.82. The first-order valence-electron chi connectivity index (χ1n) is 5.99. The summed E-state index contributed by atoms with van der Waals surface area (Å²) in [6.07, 6.45) is 6.06. The molecule has 1 atom stereocenters. The standard InChI is InChI=1S/C15H11NO4/c17-12-3-1-8(5-14(12)19)10-6-16-7-11-9(10)2-4-13(18)15(11)20/h1-7,11,17-19H. The van der Waals surface area contributed by atoms with Gasteiger partial charge in [0.1, 0.15) is 0 Å². The third-order valence-corrected chi connectivity index (χ3v) is 3.33. The molecule has 3 rings (SSSR count). The largest absolute Gasteiger partial charge is 0.504 e. The Morgan fingerprint density at radius 1 is 1.05 bits per heavy atom. The predicted octanol–water partition coefficient (Wildman–Crippen LogP) is 2.09. The lowest BCUT2D eigenvalue weighted by Crippen LogP contribution is -2.25. The molecule has 0 saturated heterocycles. The molecule has 3 N–H and O–H groups in total. The molecule has 0 bridgehead atoms. The van der Waals surface area contributed by atoms with Crippen molar-refractivity contribution in [2.75, 3.05) is 0 Å². The number of hydrogen-bond donors (Lipinski definition) is 3. The molecular weight excluding hydrogens is 258 g/mol. The molecule has 0 saturated carbocycles. The molecule has 0 radical (unpaired) electrons. The van der Waals surface area contributed by atoms with Crippen LogP contribution in [0.15, 0.2) is 52.9 Å². The number of Topliss-reactive ketones (excluding diaryl/α,β-unsaturated/α-hetero) is 1. The van der Waals surface area contributed by atoms with Crippen LogP contribution in [0.1, 0.15) is 5.56 Å². The number of fused-ring (bicyclic) bond motifs is 1. The maximum Gasteiger partial charge on any atom is 0.209 e. The highest BCUT2D eigenvalue weighted by atomic mass is 16.3. The zero-order valence-electron chi connectivity index (χ0n) is 10.3. The van der Waals surface area contributed by atoms with Crippen LogP contribution in [0.3, 0.4) is 0 Å². The van der Waals surface area contributed by atoms with E-state index in [-0.39, 0.29) is 17.3 Å². The van der Waals surface area contributed by atoms with Gasteiger partial charge >= 0.3 is 0 Å². The molecule has 5 nitrogen and oxygen atoms in total. The number of nitrogens with zero attached hydrogens (tertiary/aromatic N) is 1. The second-order valence-corrected chi connectivity index (χ2v) is 4.56. The summed E-state index contributed by atoms with van der Waals surface area (Å²) in [6.45, 7) is 0. The van der Waals surface area contributed by atoms with Gasteiger partial charge in [0.2, 0.25) is 5.78 Å². The number of benzene rings is 1. The maximum absolute atomic E-state index is 11.9. The second-order valence-electron chi connectivity index (χ2n) is 4.56. The molecule has 0 fully saturated rings. The van der Waals surface area contributed by atoms with Crippen molar-refractivity contribution in [2.45, 2.75) is 0 Å². The number of carbonyl (C=O) groups is 1. The summed E-state index contributed by atoms with van der Waals surface area (Å²) in [7, 11) is 0. The van der Waals surface area contributed by atoms with Crippen LogP contribution in [0.2, 0.25) is 0 Å². The summed E-state index contributed by atoms with van der Waals surface area (Å²) in [5, 5.41) is 28.4. The third kappa shape index (κ3) is 1.80. The Morgan fingerprint density at radius 3 is 2.60 bits per heavy atom. The van der Waals surface area contributed by atoms with E-state index < -0.39 is 11.7 Å². The average Bonchev–Trinajstić information content (AvgIpc) is 2.45. The minimum atomic E-state index is -0.615. The summed E-state index contributed by atoms with van der Waals surface area (Å²) >= 11 is 0. The van der Waals surface area contributed by atoms with Gasteiger partial charge in [-0.15, -0.1) is 0 Å². The Balaban J connectivity index is 2.10. The Kier molecular flexibility index (Phi) is 2.68. The average molecular weight is 269 g/mol. The molecule has 1 aliphatic heterocycles. The van der Waals surface area contributed by atoms with Crippen LogP contribution in [-0.4, -0.2) is 27.3 Å². The van der Waals surface area contributed by atoms with Crippen molar-refractivity contribution in [1.29, 1.82) is 0 Å². The highest BCUT2D eigenvalue weighted by Gasteiger charge is 2.31. The number of carbonyl (C=O) groups excluding carboxylic acids is 1. The van der Waals surface area contributed by atoms with Gasteiger partial charge in [-0.05, 0) is 29.3 Å². The maximum atomic E-state index is 11.9. The van der Waals surface area contributed by atoms with E-state index in [0.717, 1.165) is 0 Å². The second kappa shape index (κ2) is 4.38. The van der Waals surface area contributed by atoms with Gasteiger partial charge in [0.05, 0.1) is 5.92 Å². The monoisotopic (exact) mass is 269 g/mol. The van der Waals surface area contributed by atoms with Crippen molar-refractivity contribution < 1.29 is 20.1 Å². The molecule has 20 heavy (non-hydrogen) atoms. The van der Waals surface area contributed by atoms with Crippen LogP contribution < -0.4 is 0 Å². The van der Waals surface area contributed by atoms with E-state index in [0.29, 0.717) is 16.7 Å². The molecule has 0 amide bonds. The topological polar surface area (TPSA) is 90.1 Å². The summed E-state index contributed by atoms with van der Waals surface area (Å²) in [5.41, 5.74) is 2.01. The number of rotatable bonds is 1. The normalized spacial score (nSPS) is 20.9. The summed E-state index contributed by atoms with van der Waals surface area (Å²) in [4.78, 5) is 15.9. The SMILES string of the molecule is O=C1C(O)=CC=C2C(c3ccc(O)c(O)c3)=CN=CC12. The molecule has 5 heteroatoms. The van der Waals surface area contributed by atoms with Gasteiger partial charge in [-0.25, -0.2) is 0 Å². The van der Waals surface area contributed by atoms with E-state index in [4.69, 9.17) is 0 Å². The van der Waals surface area contributed by atoms with Crippen LogP contribution in [0.4, 0.5) is 0 Å². The van der Waals surface area contributed by atoms with Gasteiger partial charge in [-0.2, -0.15) is 0 Å². The van der Waals surface area contributed by atoms with Crippen LogP contribution in [-0.2, 0) is 4.79 Å². The fourth-order valence-electron chi connectivity index (χ4n) is 2.27. The van der Waals surface area contributed by atoms with Crippen LogP contribution in [0.25, 0.3) is 5.57 Å². The first-order chi connectivity index (χ1) is 9.58. The minimum Gasteiger partial charge on any atom is -0.504 e. The lowest BCUT2D eigenvalue weighted by molar-refractivity contribution is -0.118. The summed E-state index contributed by atoms with van der Waals surface area (Å²) in [6, 6.07) is 4.40. The van der Waals surface area contributed by atoms with Crippen molar-refractivity contribution in [3.63, 3.8) is 0 Å². The highest BCUT2D eigenvalue weighted by molar-refractivity contribution is 6.12. The first-order valence-corrected chi connectivity index (χ1v) is 5.99. The van der Waals surface area contributed by atoms with Gasteiger partial charge < -0.3 is 15.3 Å². The van der Waals surface area contributed by atoms with Crippen LogP contribution in [0, 0.1) is 5.92 Å². The molecule has 1 heterocycles. The van der Waals surface area contributed by atoms with Gasteiger partial charge in [0, 0.05) is 18.0 Å². The Labute approximate surface area is 114 Å². The molecule has 100 valence electrons. The number of hydrogen-bond acceptors (Lipinski definition) is 5. The number of aliphatic imine (C=N–C) groups is 1. The summed E-state index contributed by atoms with van der Waals surface area (Å²) < 4.78 is 0. The van der Waals surface area contributed by atoms with Crippen molar-refractivity contribution in [3.05, 3.63) is 53.4 Å². The highest BCUT2D eigenvalue weighted by Crippen LogP contribution is 2.37. The van der Waals surface area contributed by atoms with Crippen molar-refractivity contribution in [2.24, 2.45) is 10.9 Å². The van der Waals surface area contributed by atoms with Crippen molar-refractivity contribution in [1.82, 2.24) is 0 Å². The lowest BCUT2D eigenvalue weighted by Gasteiger charge is -2.23. The van der Waals surface area contributed by atoms with E-state index in [1.165, 1.54) is 24.4 Å². The van der Waals surface area contributed by atoms with Gasteiger partial charge in [-0.3, -0.25) is 9.79 Å². The van der Waals surface area contributed by atoms with Crippen molar-refractivity contribution in [3.8, 4) is 11.5 Å². The van der Waals surface area contributed by atoms with E-state index in [1.807, 2.05) is 0 Å². The first kappa shape index (κ1) is 12.2. The lowest BCUT2D eigenvalue weighted by atomic mass is 9.82.